The third kappa shape index (κ3) is 3.29. The number of benzene rings is 2. The number of carbonyl (C=O) groups is 1. The van der Waals surface area contributed by atoms with Gasteiger partial charge in [-0.2, -0.15) is 0 Å². The molecule has 23 heavy (non-hydrogen) atoms. The van der Waals surface area contributed by atoms with Gasteiger partial charge in [-0.3, -0.25) is 13.6 Å². The van der Waals surface area contributed by atoms with E-state index in [0.29, 0.717) is 5.56 Å². The molecule has 0 radical (unpaired) electrons. The fraction of sp³-hybridized carbons (Fsp3) is 0.118. The normalized spacial score (nSPS) is 10.9. The highest BCUT2D eigenvalue weighted by atomic mass is 79.9. The van der Waals surface area contributed by atoms with Crippen LogP contribution < -0.4 is 0 Å². The monoisotopic (exact) mass is 390 g/mol. The number of nitrogens with zero attached hydrogens (tertiary/aromatic N) is 2. The molecule has 0 aliphatic rings. The van der Waals surface area contributed by atoms with Crippen LogP contribution in [0.5, 0.6) is 0 Å². The van der Waals surface area contributed by atoms with Crippen molar-refractivity contribution in [3.8, 4) is 0 Å². The Morgan fingerprint density at radius 3 is 2.65 bits per heavy atom. The van der Waals surface area contributed by atoms with E-state index in [-0.39, 0.29) is 5.91 Å². The first-order valence-electron chi connectivity index (χ1n) is 6.96. The number of carbonyl (C=O) groups excluding carboxylic acids is 1. The van der Waals surface area contributed by atoms with Crippen LogP contribution in [0.1, 0.15) is 10.4 Å². The number of hydrogen-bond acceptors (Lipinski definition) is 3. The van der Waals surface area contributed by atoms with Crippen LogP contribution >= 0.6 is 27.9 Å². The minimum Gasteiger partial charge on any atom is -0.287 e. The van der Waals surface area contributed by atoms with Crippen LogP contribution in [-0.2, 0) is 4.84 Å². The van der Waals surface area contributed by atoms with Gasteiger partial charge in [0, 0.05) is 33.6 Å². The summed E-state index contributed by atoms with van der Waals surface area (Å²) in [6.07, 6.45) is 2.00. The third-order valence-corrected chi connectivity index (χ3v) is 5.13. The van der Waals surface area contributed by atoms with Gasteiger partial charge in [-0.05, 0) is 42.3 Å². The van der Waals surface area contributed by atoms with Gasteiger partial charge < -0.3 is 0 Å². The van der Waals surface area contributed by atoms with E-state index in [9.17, 15) is 4.79 Å². The number of aromatic nitrogens is 1. The molecule has 0 bridgehead atoms. The lowest BCUT2D eigenvalue weighted by Crippen LogP contribution is -2.25. The summed E-state index contributed by atoms with van der Waals surface area (Å²) in [5, 5.41) is 2.27. The summed E-state index contributed by atoms with van der Waals surface area (Å²) in [4.78, 5) is 18.4. The van der Waals surface area contributed by atoms with Gasteiger partial charge in [0.25, 0.3) is 5.91 Å². The Kier molecular flexibility index (Phi) is 4.75. The lowest BCUT2D eigenvalue weighted by atomic mass is 10.1. The number of hydrogen-bond donors (Lipinski definition) is 0. The van der Waals surface area contributed by atoms with Crippen molar-refractivity contribution >= 4 is 44.7 Å². The molecule has 118 valence electrons. The second kappa shape index (κ2) is 6.78. The van der Waals surface area contributed by atoms with Crippen LogP contribution in [0.2, 0.25) is 0 Å². The minimum absolute atomic E-state index is 0.187. The molecule has 3 rings (SSSR count). The molecule has 0 fully saturated rings. The molecule has 1 amide bonds. The van der Waals surface area contributed by atoms with Gasteiger partial charge in [0.05, 0.1) is 12.6 Å². The Morgan fingerprint density at radius 2 is 1.96 bits per heavy atom. The fourth-order valence-corrected chi connectivity index (χ4v) is 3.69. The van der Waals surface area contributed by atoms with Crippen LogP contribution in [0.25, 0.3) is 10.9 Å². The van der Waals surface area contributed by atoms with Gasteiger partial charge >= 0.3 is 0 Å². The largest absolute Gasteiger partial charge is 0.287 e. The maximum absolute atomic E-state index is 12.3. The topological polar surface area (TPSA) is 34.5 Å². The predicted molar refractivity (Wildman–Crippen MR) is 96.4 cm³/mol. The predicted octanol–water partition coefficient (Wildman–Crippen LogP) is 4.59. The molecular weight excluding hydrogens is 376 g/mol. The van der Waals surface area contributed by atoms with E-state index in [4.69, 9.17) is 4.84 Å². The highest BCUT2D eigenvalue weighted by molar-refractivity contribution is 9.10. The highest BCUT2D eigenvalue weighted by Gasteiger charge is 2.15. The maximum Gasteiger partial charge on any atom is 0.277 e. The van der Waals surface area contributed by atoms with E-state index >= 15 is 0 Å². The molecule has 0 saturated heterocycles. The molecule has 0 aliphatic carbocycles. The molecule has 0 N–H and O–H groups in total. The third-order valence-electron chi connectivity index (χ3n) is 3.48. The molecule has 0 spiro atoms. The van der Waals surface area contributed by atoms with E-state index in [2.05, 4.69) is 32.0 Å². The molecule has 0 aliphatic heterocycles. The smallest absolute Gasteiger partial charge is 0.277 e. The highest BCUT2D eigenvalue weighted by Crippen LogP contribution is 2.32. The van der Waals surface area contributed by atoms with Gasteiger partial charge in [0.1, 0.15) is 0 Å². The fourth-order valence-electron chi connectivity index (χ4n) is 2.24. The van der Waals surface area contributed by atoms with E-state index in [1.54, 1.807) is 19.0 Å². The maximum atomic E-state index is 12.3. The van der Waals surface area contributed by atoms with Crippen molar-refractivity contribution in [1.29, 1.82) is 0 Å². The van der Waals surface area contributed by atoms with Gasteiger partial charge in [0.15, 0.2) is 0 Å². The van der Waals surface area contributed by atoms with E-state index in [1.165, 1.54) is 12.2 Å². The van der Waals surface area contributed by atoms with Crippen molar-refractivity contribution in [3.05, 3.63) is 64.8 Å². The Hall–Kier alpha value is -1.76. The van der Waals surface area contributed by atoms with Gasteiger partial charge in [-0.25, -0.2) is 5.06 Å². The number of rotatable bonds is 4. The quantitative estimate of drug-likeness (QED) is 0.610. The summed E-state index contributed by atoms with van der Waals surface area (Å²) in [7, 11) is 3.07. The van der Waals surface area contributed by atoms with Crippen LogP contribution in [0.3, 0.4) is 0 Å². The van der Waals surface area contributed by atoms with Gasteiger partial charge in [0.2, 0.25) is 0 Å². The lowest BCUT2D eigenvalue weighted by molar-refractivity contribution is -0.0756. The first-order chi connectivity index (χ1) is 11.1. The molecule has 0 saturated carbocycles. The summed E-state index contributed by atoms with van der Waals surface area (Å²) in [5.41, 5.74) is 1.54. The Bertz CT molecular complexity index is 848. The zero-order valence-corrected chi connectivity index (χ0v) is 15.1. The van der Waals surface area contributed by atoms with Gasteiger partial charge in [-0.15, -0.1) is 0 Å². The Balaban J connectivity index is 2.04. The van der Waals surface area contributed by atoms with E-state index < -0.39 is 0 Å². The molecule has 4 nitrogen and oxygen atoms in total. The zero-order valence-electron chi connectivity index (χ0n) is 12.7. The molecule has 1 aromatic heterocycles. The number of fused-ring (bicyclic) bond motifs is 1. The summed E-state index contributed by atoms with van der Waals surface area (Å²) in [6, 6.07) is 15.8. The molecule has 0 atom stereocenters. The molecule has 2 aromatic carbocycles. The first-order valence-corrected chi connectivity index (χ1v) is 8.53. The summed E-state index contributed by atoms with van der Waals surface area (Å²) < 4.78 is 2.94. The van der Waals surface area contributed by atoms with Crippen molar-refractivity contribution in [2.24, 2.45) is 0 Å². The number of amides is 1. The lowest BCUT2D eigenvalue weighted by Gasteiger charge is -2.14. The number of hydroxylamine groups is 2. The SMILES string of the molecule is CON(C)C(=O)c1cc(Br)c2ccn(Sc3ccccc3)c2c1. The van der Waals surface area contributed by atoms with Crippen molar-refractivity contribution in [3.63, 3.8) is 0 Å². The van der Waals surface area contributed by atoms with Crippen molar-refractivity contribution in [1.82, 2.24) is 9.04 Å². The standard InChI is InChI=1S/C17H15BrN2O2S/c1-19(22-2)17(21)12-10-15(18)14-8-9-20(16(14)11-12)23-13-6-4-3-5-7-13/h3-11H,1-2H3. The van der Waals surface area contributed by atoms with E-state index in [0.717, 1.165) is 20.3 Å². The number of halogens is 1. The summed E-state index contributed by atoms with van der Waals surface area (Å²) in [6.45, 7) is 0. The minimum atomic E-state index is -0.187. The van der Waals surface area contributed by atoms with Crippen molar-refractivity contribution in [2.45, 2.75) is 4.90 Å². The Morgan fingerprint density at radius 1 is 1.22 bits per heavy atom. The Labute approximate surface area is 147 Å². The first kappa shape index (κ1) is 16.1. The van der Waals surface area contributed by atoms with Crippen molar-refractivity contribution < 1.29 is 9.63 Å². The summed E-state index contributed by atoms with van der Waals surface area (Å²) >= 11 is 5.16. The van der Waals surface area contributed by atoms with Crippen molar-refractivity contribution in [2.75, 3.05) is 14.2 Å². The average Bonchev–Trinajstić information content (AvgIpc) is 2.98. The van der Waals surface area contributed by atoms with E-state index in [1.807, 2.05) is 42.6 Å². The second-order valence-electron chi connectivity index (χ2n) is 4.92. The van der Waals surface area contributed by atoms with Crippen LogP contribution in [0.4, 0.5) is 0 Å². The van der Waals surface area contributed by atoms with Crippen LogP contribution in [0, 0.1) is 0 Å². The zero-order chi connectivity index (χ0) is 16.4. The average molecular weight is 391 g/mol. The van der Waals surface area contributed by atoms with Gasteiger partial charge in [-0.1, -0.05) is 34.1 Å². The summed E-state index contributed by atoms with van der Waals surface area (Å²) in [5.74, 6) is -0.187. The van der Waals surface area contributed by atoms with Crippen LogP contribution in [-0.4, -0.2) is 29.1 Å². The second-order valence-corrected chi connectivity index (χ2v) is 6.82. The molecule has 0 unspecified atom stereocenters. The molecular formula is C17H15BrN2O2S. The van der Waals surface area contributed by atoms with Crippen LogP contribution in [0.15, 0.2) is 64.1 Å². The molecule has 1 heterocycles. The molecule has 3 aromatic rings. The molecule has 6 heteroatoms.